The first-order chi connectivity index (χ1) is 9.24. The number of aromatic nitrogens is 2. The summed E-state index contributed by atoms with van der Waals surface area (Å²) < 4.78 is 1.60. The van der Waals surface area contributed by atoms with Crippen LogP contribution >= 0.6 is 34.5 Å². The van der Waals surface area contributed by atoms with E-state index in [-0.39, 0.29) is 0 Å². The monoisotopic (exact) mass is 308 g/mol. The summed E-state index contributed by atoms with van der Waals surface area (Å²) in [6.45, 7) is 0. The molecule has 1 aliphatic rings. The van der Waals surface area contributed by atoms with E-state index in [4.69, 9.17) is 28.2 Å². The number of thiazole rings is 1. The van der Waals surface area contributed by atoms with Crippen molar-refractivity contribution >= 4 is 55.7 Å². The Balaban J connectivity index is 2.18. The summed E-state index contributed by atoms with van der Waals surface area (Å²) in [6, 6.07) is 3.97. The van der Waals surface area contributed by atoms with Crippen molar-refractivity contribution in [2.24, 2.45) is 0 Å². The van der Waals surface area contributed by atoms with Gasteiger partial charge in [0, 0.05) is 11.1 Å². The maximum atomic E-state index is 6.64. The second-order valence-electron chi connectivity index (χ2n) is 4.83. The lowest BCUT2D eigenvalue weighted by Crippen LogP contribution is -2.06. The van der Waals surface area contributed by atoms with Crippen molar-refractivity contribution in [1.82, 2.24) is 9.97 Å². The van der Waals surface area contributed by atoms with Crippen LogP contribution in [0.25, 0.3) is 21.1 Å². The van der Waals surface area contributed by atoms with E-state index in [9.17, 15) is 0 Å². The zero-order valence-electron chi connectivity index (χ0n) is 10.0. The van der Waals surface area contributed by atoms with Gasteiger partial charge in [-0.2, -0.15) is 0 Å². The number of halogens is 2. The Morgan fingerprint density at radius 3 is 2.68 bits per heavy atom. The highest BCUT2D eigenvalue weighted by atomic mass is 35.5. The Hall–Kier alpha value is -0.900. The van der Waals surface area contributed by atoms with E-state index in [1.807, 2.05) is 12.1 Å². The van der Waals surface area contributed by atoms with E-state index in [1.165, 1.54) is 35.4 Å². The molecule has 96 valence electrons. The molecule has 19 heavy (non-hydrogen) atoms. The number of aryl methyl sites for hydroxylation is 1. The van der Waals surface area contributed by atoms with Crippen molar-refractivity contribution in [3.05, 3.63) is 32.9 Å². The number of nitrogens with zero attached hydrogens (tertiary/aromatic N) is 2. The average molecular weight is 309 g/mol. The topological polar surface area (TPSA) is 25.8 Å². The normalized spacial score (nSPS) is 15.1. The van der Waals surface area contributed by atoms with E-state index in [0.717, 1.165) is 39.0 Å². The molecule has 0 spiro atoms. The number of benzene rings is 1. The number of pyridine rings is 1. The van der Waals surface area contributed by atoms with Crippen LogP contribution in [-0.2, 0) is 12.8 Å². The molecular formula is C14H10Cl2N2S. The number of fused-ring (bicyclic) bond motifs is 4. The molecule has 0 bridgehead atoms. The Bertz CT molecular complexity index is 810. The third kappa shape index (κ3) is 1.76. The molecule has 3 aromatic rings. The molecular weight excluding hydrogens is 299 g/mol. The zero-order chi connectivity index (χ0) is 13.0. The van der Waals surface area contributed by atoms with Gasteiger partial charge in [0.25, 0.3) is 0 Å². The Morgan fingerprint density at radius 1 is 1.00 bits per heavy atom. The summed E-state index contributed by atoms with van der Waals surface area (Å²) in [5, 5.41) is 1.87. The van der Waals surface area contributed by atoms with E-state index in [0.29, 0.717) is 4.47 Å². The molecule has 1 aliphatic carbocycles. The van der Waals surface area contributed by atoms with Crippen molar-refractivity contribution < 1.29 is 0 Å². The molecule has 0 fully saturated rings. The van der Waals surface area contributed by atoms with Crippen molar-refractivity contribution in [2.45, 2.75) is 25.7 Å². The molecule has 4 rings (SSSR count). The SMILES string of the molecule is Clc1nc2ccc3nc4c(c(Cl)c3c2s1)CCCC4. The highest BCUT2D eigenvalue weighted by molar-refractivity contribution is 7.23. The van der Waals surface area contributed by atoms with Crippen molar-refractivity contribution in [1.29, 1.82) is 0 Å². The third-order valence-electron chi connectivity index (χ3n) is 3.69. The minimum absolute atomic E-state index is 0.552. The minimum atomic E-state index is 0.552. The molecule has 0 aliphatic heterocycles. The molecule has 1 aromatic carbocycles. The smallest absolute Gasteiger partial charge is 0.184 e. The van der Waals surface area contributed by atoms with Gasteiger partial charge in [0.1, 0.15) is 0 Å². The summed E-state index contributed by atoms with van der Waals surface area (Å²) in [5.41, 5.74) is 4.25. The van der Waals surface area contributed by atoms with Crippen LogP contribution in [0.1, 0.15) is 24.1 Å². The quantitative estimate of drug-likeness (QED) is 0.582. The zero-order valence-corrected chi connectivity index (χ0v) is 12.4. The number of hydrogen-bond acceptors (Lipinski definition) is 3. The van der Waals surface area contributed by atoms with Crippen molar-refractivity contribution in [2.75, 3.05) is 0 Å². The Morgan fingerprint density at radius 2 is 1.79 bits per heavy atom. The fourth-order valence-electron chi connectivity index (χ4n) is 2.81. The van der Waals surface area contributed by atoms with E-state index >= 15 is 0 Å². The van der Waals surface area contributed by atoms with Crippen LogP contribution in [0.2, 0.25) is 9.49 Å². The lowest BCUT2D eigenvalue weighted by Gasteiger charge is -2.17. The first-order valence-corrected chi connectivity index (χ1v) is 7.87. The van der Waals surface area contributed by atoms with Gasteiger partial charge in [-0.15, -0.1) is 11.3 Å². The fourth-order valence-corrected chi connectivity index (χ4v) is 4.42. The van der Waals surface area contributed by atoms with Crippen LogP contribution in [0.3, 0.4) is 0 Å². The first kappa shape index (κ1) is 11.9. The van der Waals surface area contributed by atoms with E-state index in [2.05, 4.69) is 4.98 Å². The van der Waals surface area contributed by atoms with Crippen LogP contribution in [0.4, 0.5) is 0 Å². The minimum Gasteiger partial charge on any atom is -0.252 e. The molecule has 0 amide bonds. The molecule has 2 heterocycles. The fraction of sp³-hybridized carbons (Fsp3) is 0.286. The predicted molar refractivity (Wildman–Crippen MR) is 81.6 cm³/mol. The van der Waals surface area contributed by atoms with Gasteiger partial charge in [-0.3, -0.25) is 4.98 Å². The number of rotatable bonds is 0. The van der Waals surface area contributed by atoms with Crippen LogP contribution < -0.4 is 0 Å². The van der Waals surface area contributed by atoms with Gasteiger partial charge in [0.15, 0.2) is 4.47 Å². The maximum Gasteiger partial charge on any atom is 0.184 e. The van der Waals surface area contributed by atoms with Gasteiger partial charge in [-0.05, 0) is 43.4 Å². The Kier molecular flexibility index (Phi) is 2.69. The largest absolute Gasteiger partial charge is 0.252 e. The van der Waals surface area contributed by atoms with Crippen LogP contribution in [0.15, 0.2) is 12.1 Å². The average Bonchev–Trinajstić information content (AvgIpc) is 2.79. The van der Waals surface area contributed by atoms with E-state index in [1.54, 1.807) is 0 Å². The maximum absolute atomic E-state index is 6.64. The highest BCUT2D eigenvalue weighted by Crippen LogP contribution is 2.39. The van der Waals surface area contributed by atoms with Crippen molar-refractivity contribution in [3.8, 4) is 0 Å². The summed E-state index contributed by atoms with van der Waals surface area (Å²) in [4.78, 5) is 9.10. The summed E-state index contributed by atoms with van der Waals surface area (Å²) in [6.07, 6.45) is 4.46. The molecule has 0 atom stereocenters. The highest BCUT2D eigenvalue weighted by Gasteiger charge is 2.19. The molecule has 0 saturated heterocycles. The predicted octanol–water partition coefficient (Wildman–Crippen LogP) is 5.03. The lowest BCUT2D eigenvalue weighted by molar-refractivity contribution is 0.671. The molecule has 0 N–H and O–H groups in total. The van der Waals surface area contributed by atoms with Gasteiger partial charge in [-0.1, -0.05) is 23.2 Å². The van der Waals surface area contributed by atoms with E-state index < -0.39 is 0 Å². The molecule has 0 saturated carbocycles. The van der Waals surface area contributed by atoms with Crippen molar-refractivity contribution in [3.63, 3.8) is 0 Å². The van der Waals surface area contributed by atoms with Crippen LogP contribution in [0.5, 0.6) is 0 Å². The van der Waals surface area contributed by atoms with Crippen LogP contribution in [-0.4, -0.2) is 9.97 Å². The lowest BCUT2D eigenvalue weighted by atomic mass is 9.94. The molecule has 2 nitrogen and oxygen atoms in total. The van der Waals surface area contributed by atoms with Gasteiger partial charge >= 0.3 is 0 Å². The first-order valence-electron chi connectivity index (χ1n) is 6.30. The number of hydrogen-bond donors (Lipinski definition) is 0. The summed E-state index contributed by atoms with van der Waals surface area (Å²) in [5.74, 6) is 0. The summed E-state index contributed by atoms with van der Waals surface area (Å²) >= 11 is 14.1. The standard InChI is InChI=1S/C14H10Cl2N2S/c15-12-7-3-1-2-4-8(7)17-9-5-6-10-13(11(9)12)19-14(16)18-10/h5-6H,1-4H2. The Labute approximate surface area is 124 Å². The van der Waals surface area contributed by atoms with Gasteiger partial charge in [0.05, 0.1) is 20.8 Å². The van der Waals surface area contributed by atoms with Gasteiger partial charge in [-0.25, -0.2) is 4.98 Å². The molecule has 5 heteroatoms. The van der Waals surface area contributed by atoms with Gasteiger partial charge in [0.2, 0.25) is 0 Å². The van der Waals surface area contributed by atoms with Crippen LogP contribution in [0, 0.1) is 0 Å². The second kappa shape index (κ2) is 4.30. The summed E-state index contributed by atoms with van der Waals surface area (Å²) in [7, 11) is 0. The molecule has 0 unspecified atom stereocenters. The third-order valence-corrected chi connectivity index (χ3v) is 5.30. The molecule has 0 radical (unpaired) electrons. The van der Waals surface area contributed by atoms with Gasteiger partial charge < -0.3 is 0 Å². The second-order valence-corrected chi connectivity index (χ2v) is 6.79. The molecule has 2 aromatic heterocycles.